The summed E-state index contributed by atoms with van der Waals surface area (Å²) in [6.07, 6.45) is -4.47. The number of hydrogen-bond donors (Lipinski definition) is 1. The van der Waals surface area contributed by atoms with Gasteiger partial charge < -0.3 is 5.32 Å². The van der Waals surface area contributed by atoms with Crippen molar-refractivity contribution in [1.82, 2.24) is 0 Å². The molecular weight excluding hydrogens is 397 g/mol. The van der Waals surface area contributed by atoms with Gasteiger partial charge in [0.05, 0.1) is 22.9 Å². The van der Waals surface area contributed by atoms with Gasteiger partial charge >= 0.3 is 6.18 Å². The topological polar surface area (TPSA) is 83.6 Å². The van der Waals surface area contributed by atoms with Crippen molar-refractivity contribution < 1.29 is 31.2 Å². The molecule has 0 aromatic heterocycles. The molecule has 0 unspecified atom stereocenters. The number of sulfonamides is 1. The fourth-order valence-electron chi connectivity index (χ4n) is 2.78. The Balaban J connectivity index is 1.75. The highest BCUT2D eigenvalue weighted by molar-refractivity contribution is 7.94. The Labute approximate surface area is 159 Å². The summed E-state index contributed by atoms with van der Waals surface area (Å²) in [5, 5.41) is 2.45. The maximum absolute atomic E-state index is 12.6. The molecule has 1 saturated heterocycles. The van der Waals surface area contributed by atoms with Crippen molar-refractivity contribution in [3.05, 3.63) is 59.7 Å². The second-order valence-electron chi connectivity index (χ2n) is 6.36. The van der Waals surface area contributed by atoms with Gasteiger partial charge in [0.1, 0.15) is 0 Å². The van der Waals surface area contributed by atoms with Gasteiger partial charge in [-0.05, 0) is 48.5 Å². The van der Waals surface area contributed by atoms with Crippen molar-refractivity contribution in [2.24, 2.45) is 5.92 Å². The van der Waals surface area contributed by atoms with E-state index in [1.165, 1.54) is 31.2 Å². The predicted octanol–water partition coefficient (Wildman–Crippen LogP) is 3.27. The summed E-state index contributed by atoms with van der Waals surface area (Å²) in [6, 6.07) is 9.29. The second-order valence-corrected chi connectivity index (χ2v) is 8.22. The number of halogens is 3. The average molecular weight is 412 g/mol. The number of nitrogens with one attached hydrogen (secondary N) is 1. The lowest BCUT2D eigenvalue weighted by molar-refractivity contribution is -0.137. The van der Waals surface area contributed by atoms with Gasteiger partial charge in [-0.1, -0.05) is 6.92 Å². The summed E-state index contributed by atoms with van der Waals surface area (Å²) in [5.74, 6) is -2.05. The van der Waals surface area contributed by atoms with Crippen LogP contribution in [0.3, 0.4) is 0 Å². The van der Waals surface area contributed by atoms with Gasteiger partial charge in [0.2, 0.25) is 15.9 Å². The van der Waals surface area contributed by atoms with E-state index in [-0.39, 0.29) is 22.7 Å². The van der Waals surface area contributed by atoms with Crippen LogP contribution in [-0.2, 0) is 21.0 Å². The first-order chi connectivity index (χ1) is 13.0. The van der Waals surface area contributed by atoms with Crippen molar-refractivity contribution in [2.75, 3.05) is 15.4 Å². The third kappa shape index (κ3) is 3.86. The zero-order chi connectivity index (χ0) is 20.7. The Morgan fingerprint density at radius 1 is 1.07 bits per heavy atom. The number of rotatable bonds is 3. The van der Waals surface area contributed by atoms with Gasteiger partial charge in [-0.25, -0.2) is 12.7 Å². The minimum Gasteiger partial charge on any atom is -0.322 e. The normalized spacial score (nSPS) is 18.9. The molecule has 1 aliphatic heterocycles. The summed E-state index contributed by atoms with van der Waals surface area (Å²) >= 11 is 0. The van der Waals surface area contributed by atoms with E-state index < -0.39 is 39.5 Å². The van der Waals surface area contributed by atoms with E-state index in [2.05, 4.69) is 5.32 Å². The van der Waals surface area contributed by atoms with Gasteiger partial charge in [-0.2, -0.15) is 13.2 Å². The molecule has 2 aromatic carbocycles. The van der Waals surface area contributed by atoms with Crippen LogP contribution < -0.4 is 9.62 Å². The van der Waals surface area contributed by atoms with Gasteiger partial charge in [0.25, 0.3) is 5.91 Å². The van der Waals surface area contributed by atoms with Crippen LogP contribution in [0.1, 0.15) is 22.8 Å². The molecule has 0 aliphatic carbocycles. The van der Waals surface area contributed by atoms with E-state index in [0.717, 1.165) is 28.6 Å². The molecule has 6 nitrogen and oxygen atoms in total. The van der Waals surface area contributed by atoms with Crippen LogP contribution >= 0.6 is 0 Å². The smallest absolute Gasteiger partial charge is 0.322 e. The van der Waals surface area contributed by atoms with E-state index in [9.17, 15) is 31.2 Å². The van der Waals surface area contributed by atoms with Crippen LogP contribution in [0.15, 0.2) is 48.5 Å². The molecule has 2 amide bonds. The minimum absolute atomic E-state index is 0.125. The summed E-state index contributed by atoms with van der Waals surface area (Å²) in [7, 11) is -3.74. The van der Waals surface area contributed by atoms with Crippen LogP contribution in [0.4, 0.5) is 24.5 Å². The number of alkyl halides is 3. The number of hydrogen-bond acceptors (Lipinski definition) is 4. The summed E-state index contributed by atoms with van der Waals surface area (Å²) in [5.41, 5.74) is -0.380. The van der Waals surface area contributed by atoms with E-state index in [4.69, 9.17) is 0 Å². The molecule has 3 rings (SSSR count). The maximum atomic E-state index is 12.6. The second kappa shape index (κ2) is 6.93. The van der Waals surface area contributed by atoms with Crippen molar-refractivity contribution in [2.45, 2.75) is 13.1 Å². The number of anilines is 2. The molecule has 1 aliphatic rings. The van der Waals surface area contributed by atoms with Crippen molar-refractivity contribution in [3.8, 4) is 0 Å². The molecule has 0 saturated carbocycles. The lowest BCUT2D eigenvalue weighted by Gasteiger charge is -2.15. The molecule has 2 aromatic rings. The number of nitrogens with zero attached hydrogens (tertiary/aromatic N) is 1. The van der Waals surface area contributed by atoms with E-state index >= 15 is 0 Å². The van der Waals surface area contributed by atoms with Gasteiger partial charge in [0, 0.05) is 11.3 Å². The molecule has 10 heteroatoms. The highest BCUT2D eigenvalue weighted by Gasteiger charge is 2.41. The molecule has 148 valence electrons. The molecule has 1 heterocycles. The SMILES string of the molecule is C[C@@H]1CS(=O)(=O)N(c2ccc(C(=O)Nc3ccc(C(F)(F)F)cc3)cc2)C1=O. The molecule has 0 bridgehead atoms. The van der Waals surface area contributed by atoms with E-state index in [0.29, 0.717) is 0 Å². The first-order valence-corrected chi connectivity index (χ1v) is 9.75. The zero-order valence-corrected chi connectivity index (χ0v) is 15.3. The maximum Gasteiger partial charge on any atom is 0.416 e. The Morgan fingerprint density at radius 2 is 1.64 bits per heavy atom. The van der Waals surface area contributed by atoms with Crippen LogP contribution in [0.5, 0.6) is 0 Å². The Morgan fingerprint density at radius 3 is 2.11 bits per heavy atom. The number of benzene rings is 2. The van der Waals surface area contributed by atoms with Crippen LogP contribution in [-0.4, -0.2) is 26.0 Å². The highest BCUT2D eigenvalue weighted by atomic mass is 32.2. The molecule has 1 atom stereocenters. The van der Waals surface area contributed by atoms with Crippen molar-refractivity contribution >= 4 is 33.2 Å². The van der Waals surface area contributed by atoms with Crippen LogP contribution in [0.25, 0.3) is 0 Å². The Hall–Kier alpha value is -2.88. The van der Waals surface area contributed by atoms with Crippen LogP contribution in [0, 0.1) is 5.92 Å². The summed E-state index contributed by atoms with van der Waals surface area (Å²) in [4.78, 5) is 24.3. The molecule has 28 heavy (non-hydrogen) atoms. The van der Waals surface area contributed by atoms with E-state index in [1.54, 1.807) is 0 Å². The monoisotopic (exact) mass is 412 g/mol. The minimum atomic E-state index is -4.47. The third-order valence-electron chi connectivity index (χ3n) is 4.19. The predicted molar refractivity (Wildman–Crippen MR) is 96.3 cm³/mol. The lowest BCUT2D eigenvalue weighted by Crippen LogP contribution is -2.30. The summed E-state index contributed by atoms with van der Waals surface area (Å²) < 4.78 is 62.6. The lowest BCUT2D eigenvalue weighted by atomic mass is 10.1. The fraction of sp³-hybridized carbons (Fsp3) is 0.222. The largest absolute Gasteiger partial charge is 0.416 e. The molecular formula is C18H15F3N2O4S. The van der Waals surface area contributed by atoms with Gasteiger partial charge in [0.15, 0.2) is 0 Å². The Bertz CT molecular complexity index is 1020. The van der Waals surface area contributed by atoms with E-state index in [1.807, 2.05) is 0 Å². The quantitative estimate of drug-likeness (QED) is 0.839. The van der Waals surface area contributed by atoms with Gasteiger partial charge in [-0.15, -0.1) is 0 Å². The van der Waals surface area contributed by atoms with Gasteiger partial charge in [-0.3, -0.25) is 9.59 Å². The number of carbonyl (C=O) groups excluding carboxylic acids is 2. The third-order valence-corrected chi connectivity index (χ3v) is 6.06. The first-order valence-electron chi connectivity index (χ1n) is 8.14. The number of carbonyl (C=O) groups is 2. The average Bonchev–Trinajstić information content (AvgIpc) is 2.82. The molecule has 1 fully saturated rings. The standard InChI is InChI=1S/C18H15F3N2O4S/c1-11-10-28(26,27)23(17(11)25)15-8-2-12(3-9-15)16(24)22-14-6-4-13(5-7-14)18(19,20)21/h2-9,11H,10H2,1H3,(H,22,24)/t11-/m1/s1. The van der Waals surface area contributed by atoms with Crippen LogP contribution in [0.2, 0.25) is 0 Å². The van der Waals surface area contributed by atoms with Crippen molar-refractivity contribution in [3.63, 3.8) is 0 Å². The highest BCUT2D eigenvalue weighted by Crippen LogP contribution is 2.30. The first kappa shape index (κ1) is 19.9. The Kier molecular flexibility index (Phi) is 4.92. The fourth-order valence-corrected chi connectivity index (χ4v) is 4.60. The zero-order valence-electron chi connectivity index (χ0n) is 14.5. The molecule has 0 spiro atoms. The van der Waals surface area contributed by atoms with Crippen molar-refractivity contribution in [1.29, 1.82) is 0 Å². The molecule has 0 radical (unpaired) electrons. The molecule has 1 N–H and O–H groups in total. The summed E-state index contributed by atoms with van der Waals surface area (Å²) in [6.45, 7) is 1.52. The number of amides is 2.